The number of nitrogens with zero attached hydrogens (tertiary/aromatic N) is 2. The van der Waals surface area contributed by atoms with Gasteiger partial charge < -0.3 is 0 Å². The lowest BCUT2D eigenvalue weighted by Gasteiger charge is -2.07. The summed E-state index contributed by atoms with van der Waals surface area (Å²) in [6.07, 6.45) is 0. The Balaban J connectivity index is 2.43. The molecule has 0 aliphatic rings. The summed E-state index contributed by atoms with van der Waals surface area (Å²) in [5.74, 6) is 0.513. The van der Waals surface area contributed by atoms with Crippen molar-refractivity contribution in [3.05, 3.63) is 46.2 Å². The highest BCUT2D eigenvalue weighted by Gasteiger charge is 2.07. The van der Waals surface area contributed by atoms with Crippen LogP contribution in [0.25, 0.3) is 11.1 Å². The predicted octanol–water partition coefficient (Wildman–Crippen LogP) is 4.57. The van der Waals surface area contributed by atoms with Gasteiger partial charge in [-0.25, -0.2) is 0 Å². The van der Waals surface area contributed by atoms with E-state index in [1.54, 1.807) is 6.07 Å². The fraction of sp³-hybridized carbons (Fsp3) is 0.231. The van der Waals surface area contributed by atoms with Gasteiger partial charge in [-0.15, -0.1) is 10.2 Å². The number of halogens is 2. The third-order valence-electron chi connectivity index (χ3n) is 2.61. The zero-order chi connectivity index (χ0) is 12.4. The maximum Gasteiger partial charge on any atom is 0.159 e. The Bertz CT molecular complexity index is 521. The van der Waals surface area contributed by atoms with Crippen LogP contribution in [0.1, 0.15) is 25.3 Å². The highest BCUT2D eigenvalue weighted by Crippen LogP contribution is 2.28. The Kier molecular flexibility index (Phi) is 3.65. The smallest absolute Gasteiger partial charge is 0.137 e. The fourth-order valence-corrected chi connectivity index (χ4v) is 1.95. The maximum absolute atomic E-state index is 6.00. The Hall–Kier alpha value is -1.12. The van der Waals surface area contributed by atoms with E-state index in [2.05, 4.69) is 36.2 Å². The molecule has 0 radical (unpaired) electrons. The summed E-state index contributed by atoms with van der Waals surface area (Å²) >= 11 is 11.8. The van der Waals surface area contributed by atoms with Gasteiger partial charge in [0.05, 0.1) is 0 Å². The quantitative estimate of drug-likeness (QED) is 0.796. The fourth-order valence-electron chi connectivity index (χ4n) is 1.60. The average Bonchev–Trinajstić information content (AvgIpc) is 2.32. The van der Waals surface area contributed by atoms with Crippen LogP contribution in [0.5, 0.6) is 0 Å². The van der Waals surface area contributed by atoms with Crippen LogP contribution in [-0.4, -0.2) is 10.2 Å². The van der Waals surface area contributed by atoms with Crippen molar-refractivity contribution in [2.24, 2.45) is 0 Å². The molecule has 2 rings (SSSR count). The van der Waals surface area contributed by atoms with E-state index < -0.39 is 0 Å². The molecule has 0 bridgehead atoms. The SMILES string of the molecule is CC(C)c1ccc(-c2cc(Cl)nnc2Cl)cc1. The Labute approximate surface area is 111 Å². The molecule has 0 atom stereocenters. The summed E-state index contributed by atoms with van der Waals surface area (Å²) in [6, 6.07) is 9.94. The van der Waals surface area contributed by atoms with Crippen molar-refractivity contribution in [2.75, 3.05) is 0 Å². The molecule has 0 amide bonds. The van der Waals surface area contributed by atoms with E-state index in [9.17, 15) is 0 Å². The van der Waals surface area contributed by atoms with Crippen LogP contribution in [0, 0.1) is 0 Å². The zero-order valence-corrected chi connectivity index (χ0v) is 11.1. The topological polar surface area (TPSA) is 25.8 Å². The Morgan fingerprint density at radius 3 is 2.24 bits per heavy atom. The van der Waals surface area contributed by atoms with E-state index >= 15 is 0 Å². The summed E-state index contributed by atoms with van der Waals surface area (Å²) in [4.78, 5) is 0. The van der Waals surface area contributed by atoms with Crippen molar-refractivity contribution >= 4 is 23.2 Å². The molecule has 17 heavy (non-hydrogen) atoms. The van der Waals surface area contributed by atoms with Gasteiger partial charge in [-0.3, -0.25) is 0 Å². The van der Waals surface area contributed by atoms with Gasteiger partial charge >= 0.3 is 0 Å². The molecule has 0 spiro atoms. The van der Waals surface area contributed by atoms with Crippen LogP contribution in [-0.2, 0) is 0 Å². The minimum atomic E-state index is 0.345. The van der Waals surface area contributed by atoms with Crippen molar-refractivity contribution in [2.45, 2.75) is 19.8 Å². The third kappa shape index (κ3) is 2.76. The maximum atomic E-state index is 6.00. The second-order valence-electron chi connectivity index (χ2n) is 4.15. The molecule has 4 heteroatoms. The van der Waals surface area contributed by atoms with Crippen LogP contribution in [0.2, 0.25) is 10.3 Å². The molecule has 0 fully saturated rings. The molecule has 2 aromatic rings. The lowest BCUT2D eigenvalue weighted by atomic mass is 10.00. The van der Waals surface area contributed by atoms with Gasteiger partial charge in [-0.05, 0) is 23.1 Å². The number of hydrogen-bond acceptors (Lipinski definition) is 2. The highest BCUT2D eigenvalue weighted by molar-refractivity contribution is 6.33. The summed E-state index contributed by atoms with van der Waals surface area (Å²) in [5.41, 5.74) is 3.09. The van der Waals surface area contributed by atoms with Gasteiger partial charge in [0.2, 0.25) is 0 Å². The first-order valence-corrected chi connectivity index (χ1v) is 6.12. The van der Waals surface area contributed by atoms with E-state index in [4.69, 9.17) is 23.2 Å². The molecular formula is C13H12Cl2N2. The van der Waals surface area contributed by atoms with Crippen molar-refractivity contribution in [1.82, 2.24) is 10.2 Å². The van der Waals surface area contributed by atoms with E-state index in [-0.39, 0.29) is 0 Å². The van der Waals surface area contributed by atoms with E-state index in [1.807, 2.05) is 12.1 Å². The standard InChI is InChI=1S/C13H12Cl2N2/c1-8(2)9-3-5-10(6-4-9)11-7-12(14)16-17-13(11)15/h3-8H,1-2H3. The molecule has 0 unspecified atom stereocenters. The molecule has 0 N–H and O–H groups in total. The van der Waals surface area contributed by atoms with Crippen molar-refractivity contribution in [3.63, 3.8) is 0 Å². The highest BCUT2D eigenvalue weighted by atomic mass is 35.5. The lowest BCUT2D eigenvalue weighted by Crippen LogP contribution is -1.90. The van der Waals surface area contributed by atoms with Crippen LogP contribution in [0.4, 0.5) is 0 Å². The summed E-state index contributed by atoms with van der Waals surface area (Å²) in [6.45, 7) is 4.32. The summed E-state index contributed by atoms with van der Waals surface area (Å²) < 4.78 is 0. The van der Waals surface area contributed by atoms with Gasteiger partial charge in [-0.2, -0.15) is 0 Å². The van der Waals surface area contributed by atoms with Gasteiger partial charge in [0, 0.05) is 5.56 Å². The van der Waals surface area contributed by atoms with E-state index in [0.29, 0.717) is 16.2 Å². The van der Waals surface area contributed by atoms with E-state index in [0.717, 1.165) is 11.1 Å². The second-order valence-corrected chi connectivity index (χ2v) is 4.89. The van der Waals surface area contributed by atoms with Crippen LogP contribution >= 0.6 is 23.2 Å². The van der Waals surface area contributed by atoms with Crippen LogP contribution in [0.3, 0.4) is 0 Å². The molecule has 0 saturated heterocycles. The number of hydrogen-bond donors (Lipinski definition) is 0. The van der Waals surface area contributed by atoms with Gasteiger partial charge in [-0.1, -0.05) is 61.3 Å². The zero-order valence-electron chi connectivity index (χ0n) is 9.61. The normalized spacial score (nSPS) is 10.9. The number of benzene rings is 1. The van der Waals surface area contributed by atoms with Crippen molar-refractivity contribution < 1.29 is 0 Å². The molecule has 0 aliphatic carbocycles. The molecule has 1 heterocycles. The van der Waals surface area contributed by atoms with E-state index in [1.165, 1.54) is 5.56 Å². The molecule has 1 aromatic carbocycles. The van der Waals surface area contributed by atoms with Crippen LogP contribution < -0.4 is 0 Å². The third-order valence-corrected chi connectivity index (χ3v) is 3.07. The van der Waals surface area contributed by atoms with Gasteiger partial charge in [0.1, 0.15) is 0 Å². The molecule has 2 nitrogen and oxygen atoms in total. The first kappa shape index (κ1) is 12.3. The first-order chi connectivity index (χ1) is 8.08. The first-order valence-electron chi connectivity index (χ1n) is 5.37. The lowest BCUT2D eigenvalue weighted by molar-refractivity contribution is 0.867. The minimum absolute atomic E-state index is 0.345. The number of rotatable bonds is 2. The predicted molar refractivity (Wildman–Crippen MR) is 71.6 cm³/mol. The Morgan fingerprint density at radius 2 is 1.65 bits per heavy atom. The Morgan fingerprint density at radius 1 is 1.00 bits per heavy atom. The van der Waals surface area contributed by atoms with Gasteiger partial charge in [0.15, 0.2) is 10.3 Å². The molecular weight excluding hydrogens is 255 g/mol. The van der Waals surface area contributed by atoms with Gasteiger partial charge in [0.25, 0.3) is 0 Å². The van der Waals surface area contributed by atoms with Crippen molar-refractivity contribution in [3.8, 4) is 11.1 Å². The molecule has 88 valence electrons. The van der Waals surface area contributed by atoms with Crippen molar-refractivity contribution in [1.29, 1.82) is 0 Å². The minimum Gasteiger partial charge on any atom is -0.137 e. The monoisotopic (exact) mass is 266 g/mol. The summed E-state index contributed by atoms with van der Waals surface area (Å²) in [7, 11) is 0. The van der Waals surface area contributed by atoms with Crippen LogP contribution in [0.15, 0.2) is 30.3 Å². The molecule has 0 saturated carbocycles. The molecule has 1 aromatic heterocycles. The second kappa shape index (κ2) is 5.03. The summed E-state index contributed by atoms with van der Waals surface area (Å²) in [5, 5.41) is 8.20. The number of aromatic nitrogens is 2. The molecule has 0 aliphatic heterocycles. The average molecular weight is 267 g/mol. The largest absolute Gasteiger partial charge is 0.159 e.